The molecule has 282 valence electrons. The van der Waals surface area contributed by atoms with Crippen molar-refractivity contribution in [1.82, 2.24) is 0 Å². The lowest BCUT2D eigenvalue weighted by molar-refractivity contribution is 0.488. The van der Waals surface area contributed by atoms with Crippen molar-refractivity contribution in [2.75, 3.05) is 4.90 Å². The zero-order valence-corrected chi connectivity index (χ0v) is 33.8. The number of benzene rings is 7. The maximum atomic E-state index is 7.07. The third kappa shape index (κ3) is 3.93. The molecule has 1 spiro atoms. The summed E-state index contributed by atoms with van der Waals surface area (Å²) in [5.41, 5.74) is 22.7. The van der Waals surface area contributed by atoms with Crippen LogP contribution in [-0.2, 0) is 5.41 Å². The summed E-state index contributed by atoms with van der Waals surface area (Å²) in [5.74, 6) is 0.527. The van der Waals surface area contributed by atoms with Crippen molar-refractivity contribution in [2.45, 2.75) is 38.6 Å². The summed E-state index contributed by atoms with van der Waals surface area (Å²) in [5, 5.41) is 2.38. The first-order valence-corrected chi connectivity index (χ1v) is 21.3. The fourth-order valence-corrected chi connectivity index (χ4v) is 13.0. The Morgan fingerprint density at radius 1 is 0.542 bits per heavy atom. The van der Waals surface area contributed by atoms with Crippen molar-refractivity contribution in [3.8, 4) is 22.3 Å². The topological polar surface area (TPSA) is 16.4 Å². The molecule has 8 aromatic rings. The molecule has 7 aromatic carbocycles. The molecular weight excluding hydrogens is 715 g/mol. The maximum absolute atomic E-state index is 7.07. The second-order valence-electron chi connectivity index (χ2n) is 17.7. The summed E-state index contributed by atoms with van der Waals surface area (Å²) in [6.07, 6.45) is 2.61. The molecule has 0 saturated carbocycles. The van der Waals surface area contributed by atoms with Crippen molar-refractivity contribution in [3.63, 3.8) is 0 Å². The van der Waals surface area contributed by atoms with E-state index in [1.807, 2.05) is 0 Å². The SMILES string of the molecule is CC1C=C(c2ccccc2)C2(C)C3=C1C(C)C1=C(C3C)C3(c4ccccc4-c4cccc(c43)N2c2ccc(-c3ccccc3)cc2)c2ccc3c(oc4ccccc43)c21. The molecular formula is C57H43NO. The van der Waals surface area contributed by atoms with Gasteiger partial charge in [-0.25, -0.2) is 0 Å². The number of furan rings is 1. The molecule has 2 bridgehead atoms. The quantitative estimate of drug-likeness (QED) is 0.167. The van der Waals surface area contributed by atoms with E-state index in [0.29, 0.717) is 0 Å². The van der Waals surface area contributed by atoms with E-state index in [2.05, 4.69) is 202 Å². The van der Waals surface area contributed by atoms with E-state index in [-0.39, 0.29) is 17.8 Å². The number of nitrogens with zero attached hydrogens (tertiary/aromatic N) is 1. The number of fused-ring (bicyclic) bond motifs is 8. The molecule has 1 aromatic heterocycles. The van der Waals surface area contributed by atoms with Crippen LogP contribution in [0.25, 0.3) is 55.3 Å². The largest absolute Gasteiger partial charge is 0.455 e. The number of rotatable bonds is 3. The van der Waals surface area contributed by atoms with Gasteiger partial charge in [0.15, 0.2) is 0 Å². The van der Waals surface area contributed by atoms with Gasteiger partial charge in [0.25, 0.3) is 0 Å². The second kappa shape index (κ2) is 11.5. The first-order valence-electron chi connectivity index (χ1n) is 21.3. The second-order valence-corrected chi connectivity index (χ2v) is 17.7. The van der Waals surface area contributed by atoms with Crippen molar-refractivity contribution >= 4 is 44.5 Å². The molecule has 0 amide bonds. The first kappa shape index (κ1) is 33.3. The van der Waals surface area contributed by atoms with Crippen molar-refractivity contribution < 1.29 is 4.42 Å². The summed E-state index contributed by atoms with van der Waals surface area (Å²) in [7, 11) is 0. The average molecular weight is 758 g/mol. The molecule has 5 aliphatic rings. The van der Waals surface area contributed by atoms with E-state index in [9.17, 15) is 0 Å². The smallest absolute Gasteiger partial charge is 0.143 e. The number of hydrogen-bond acceptors (Lipinski definition) is 2. The summed E-state index contributed by atoms with van der Waals surface area (Å²) in [6.45, 7) is 10.0. The van der Waals surface area contributed by atoms with Crippen LogP contribution in [0.1, 0.15) is 55.5 Å². The lowest BCUT2D eigenvalue weighted by Crippen LogP contribution is -2.54. The van der Waals surface area contributed by atoms with Gasteiger partial charge in [0, 0.05) is 45.1 Å². The molecule has 0 saturated heterocycles. The average Bonchev–Trinajstić information content (AvgIpc) is 3.91. The summed E-state index contributed by atoms with van der Waals surface area (Å²) < 4.78 is 7.07. The molecule has 2 nitrogen and oxygen atoms in total. The number of para-hydroxylation sites is 1. The lowest BCUT2D eigenvalue weighted by Gasteiger charge is -2.57. The minimum absolute atomic E-state index is 0.126. The zero-order valence-electron chi connectivity index (χ0n) is 33.8. The maximum Gasteiger partial charge on any atom is 0.143 e. The molecule has 1 aliphatic heterocycles. The monoisotopic (exact) mass is 757 g/mol. The highest BCUT2D eigenvalue weighted by Crippen LogP contribution is 2.73. The third-order valence-electron chi connectivity index (χ3n) is 15.0. The first-order chi connectivity index (χ1) is 28.9. The number of allylic oxidation sites excluding steroid dienone is 4. The Bertz CT molecular complexity index is 3220. The molecule has 5 unspecified atom stereocenters. The minimum atomic E-state index is -0.525. The van der Waals surface area contributed by atoms with Gasteiger partial charge in [0.05, 0.1) is 11.0 Å². The van der Waals surface area contributed by atoms with Gasteiger partial charge in [-0.15, -0.1) is 0 Å². The summed E-state index contributed by atoms with van der Waals surface area (Å²) >= 11 is 0. The fraction of sp³-hybridized carbons (Fsp3) is 0.158. The highest BCUT2D eigenvalue weighted by molar-refractivity contribution is 6.13. The number of hydrogen-bond donors (Lipinski definition) is 0. The van der Waals surface area contributed by atoms with Gasteiger partial charge in [-0.2, -0.15) is 0 Å². The van der Waals surface area contributed by atoms with Gasteiger partial charge in [0.2, 0.25) is 0 Å². The lowest BCUT2D eigenvalue weighted by atomic mass is 9.54. The molecule has 0 fully saturated rings. The summed E-state index contributed by atoms with van der Waals surface area (Å²) in [6, 6.07) is 61.2. The van der Waals surface area contributed by atoms with Gasteiger partial charge in [0.1, 0.15) is 11.2 Å². The van der Waals surface area contributed by atoms with Gasteiger partial charge in [-0.1, -0.05) is 172 Å². The van der Waals surface area contributed by atoms with Crippen LogP contribution in [0.2, 0.25) is 0 Å². The molecule has 59 heavy (non-hydrogen) atoms. The van der Waals surface area contributed by atoms with Crippen LogP contribution >= 0.6 is 0 Å². The standard InChI is InChI=1S/C57H43NO/c1-33-32-46(38-18-9-6-10-19-38)56(4)52-35(3)53-50(34(2)49(33)52)51-45(31-30-43-41-21-12-14-25-48(41)59-55(43)51)57(53)44-23-13-11-20-40(44)42-22-15-24-47(54(42)57)58(56)39-28-26-37(27-29-39)36-16-7-5-8-17-36/h5-35H,1-4H3. The molecule has 2 heterocycles. The zero-order chi connectivity index (χ0) is 39.4. The van der Waals surface area contributed by atoms with Crippen LogP contribution in [0.3, 0.4) is 0 Å². The Morgan fingerprint density at radius 2 is 1.22 bits per heavy atom. The molecule has 5 atom stereocenters. The van der Waals surface area contributed by atoms with Crippen LogP contribution in [-0.4, -0.2) is 5.54 Å². The predicted molar refractivity (Wildman–Crippen MR) is 244 cm³/mol. The van der Waals surface area contributed by atoms with Gasteiger partial charge < -0.3 is 9.32 Å². The minimum Gasteiger partial charge on any atom is -0.455 e. The predicted octanol–water partition coefficient (Wildman–Crippen LogP) is 14.6. The van der Waals surface area contributed by atoms with Crippen molar-refractivity contribution in [2.24, 2.45) is 17.8 Å². The Balaban J connectivity index is 1.21. The molecule has 2 heteroatoms. The highest BCUT2D eigenvalue weighted by Gasteiger charge is 2.63. The van der Waals surface area contributed by atoms with Gasteiger partial charge >= 0.3 is 0 Å². The van der Waals surface area contributed by atoms with Crippen LogP contribution in [0.4, 0.5) is 11.4 Å². The van der Waals surface area contributed by atoms with Crippen LogP contribution in [0, 0.1) is 17.8 Å². The molecule has 0 N–H and O–H groups in total. The number of anilines is 2. The van der Waals surface area contributed by atoms with E-state index in [1.165, 1.54) is 88.9 Å². The fourth-order valence-electron chi connectivity index (χ4n) is 13.0. The Hall–Kier alpha value is -6.64. The van der Waals surface area contributed by atoms with Crippen LogP contribution in [0.5, 0.6) is 0 Å². The summed E-state index contributed by atoms with van der Waals surface area (Å²) in [4.78, 5) is 2.76. The van der Waals surface area contributed by atoms with Crippen LogP contribution in [0.15, 0.2) is 191 Å². The van der Waals surface area contributed by atoms with Gasteiger partial charge in [-0.3, -0.25) is 0 Å². The Kier molecular flexibility index (Phi) is 6.51. The van der Waals surface area contributed by atoms with E-state index in [0.717, 1.165) is 11.2 Å². The molecule has 0 radical (unpaired) electrons. The Morgan fingerprint density at radius 3 is 2.02 bits per heavy atom. The van der Waals surface area contributed by atoms with Crippen molar-refractivity contribution in [3.05, 3.63) is 214 Å². The van der Waals surface area contributed by atoms with Crippen LogP contribution < -0.4 is 4.90 Å². The van der Waals surface area contributed by atoms with E-state index < -0.39 is 11.0 Å². The van der Waals surface area contributed by atoms with Crippen molar-refractivity contribution in [1.29, 1.82) is 0 Å². The highest BCUT2D eigenvalue weighted by atomic mass is 16.3. The van der Waals surface area contributed by atoms with Gasteiger partial charge in [-0.05, 0) is 98.3 Å². The van der Waals surface area contributed by atoms with E-state index >= 15 is 0 Å². The Labute approximate surface area is 345 Å². The third-order valence-corrected chi connectivity index (χ3v) is 15.0. The van der Waals surface area contributed by atoms with E-state index in [4.69, 9.17) is 4.42 Å². The normalized spacial score (nSPS) is 24.5. The van der Waals surface area contributed by atoms with E-state index in [1.54, 1.807) is 11.1 Å². The molecule has 13 rings (SSSR count). The molecule has 4 aliphatic carbocycles.